The fraction of sp³-hybridized carbons (Fsp3) is 0.312. The van der Waals surface area contributed by atoms with E-state index in [1.807, 2.05) is 0 Å². The largest absolute Gasteiger partial charge is 0.477 e. The lowest BCUT2D eigenvalue weighted by atomic mass is 10.0. The number of carboxylic acid groups (broad SMARTS) is 1. The Balaban J connectivity index is 0.00000324. The van der Waals surface area contributed by atoms with Crippen LogP contribution < -0.4 is 11.1 Å². The van der Waals surface area contributed by atoms with Crippen molar-refractivity contribution in [3.63, 3.8) is 0 Å². The number of β-lactam (4-membered cyclic amide) rings is 1. The predicted molar refractivity (Wildman–Crippen MR) is 135 cm³/mol. The summed E-state index contributed by atoms with van der Waals surface area (Å²) in [7, 11) is 1.27. The van der Waals surface area contributed by atoms with E-state index in [4.69, 9.17) is 10.6 Å². The minimum atomic E-state index is -1.20. The Morgan fingerprint density at radius 3 is 2.85 bits per heavy atom. The molecule has 12 nitrogen and oxygen atoms in total. The first kappa shape index (κ1) is 26.7. The number of carbonyl (C=O) groups is 3. The Morgan fingerprint density at radius 1 is 1.50 bits per heavy atom. The highest BCUT2D eigenvalue weighted by Gasteiger charge is 2.54. The van der Waals surface area contributed by atoms with Crippen molar-refractivity contribution in [3.8, 4) is 0 Å². The van der Waals surface area contributed by atoms with E-state index in [2.05, 4.69) is 41.6 Å². The quantitative estimate of drug-likeness (QED) is 0.168. The van der Waals surface area contributed by atoms with Crippen molar-refractivity contribution >= 4 is 103 Å². The number of carbonyl (C=O) groups excluding carboxylic acids is 2. The van der Waals surface area contributed by atoms with Gasteiger partial charge in [-0.2, -0.15) is 0 Å². The average Bonchev–Trinajstić information content (AvgIpc) is 3.42. The maximum atomic E-state index is 12.9. The molecule has 4 N–H and O–H groups in total. The second kappa shape index (κ2) is 11.2. The lowest BCUT2D eigenvalue weighted by Gasteiger charge is -2.49. The Morgan fingerprint density at radius 2 is 2.26 bits per heavy atom. The van der Waals surface area contributed by atoms with Crippen molar-refractivity contribution in [2.75, 3.05) is 24.3 Å². The maximum absolute atomic E-state index is 12.9. The van der Waals surface area contributed by atoms with Crippen LogP contribution in [-0.2, 0) is 19.2 Å². The van der Waals surface area contributed by atoms with Gasteiger partial charge in [0.15, 0.2) is 15.2 Å². The van der Waals surface area contributed by atoms with Crippen molar-refractivity contribution < 1.29 is 24.3 Å². The Labute approximate surface area is 223 Å². The van der Waals surface area contributed by atoms with Crippen LogP contribution in [0.1, 0.15) is 5.69 Å². The first-order chi connectivity index (χ1) is 15.8. The highest BCUT2D eigenvalue weighted by atomic mass is 79.9. The molecular weight excluding hydrogens is 614 g/mol. The number of fused-ring (bicyclic) bond motifs is 1. The molecule has 2 aliphatic heterocycles. The highest BCUT2D eigenvalue weighted by molar-refractivity contribution is 9.11. The topological polar surface area (TPSA) is 173 Å². The summed E-state index contributed by atoms with van der Waals surface area (Å²) in [5, 5.41) is 23.5. The van der Waals surface area contributed by atoms with Gasteiger partial charge < -0.3 is 21.0 Å². The molecule has 4 rings (SSSR count). The number of nitrogens with zero attached hydrogens (tertiary/aromatic N) is 5. The van der Waals surface area contributed by atoms with Crippen LogP contribution in [0.5, 0.6) is 0 Å². The molecule has 2 atom stereocenters. The van der Waals surface area contributed by atoms with E-state index in [-0.39, 0.29) is 34.6 Å². The number of aliphatic carboxylic acids is 1. The monoisotopic (exact) mass is 627 g/mol. The molecule has 1 fully saturated rings. The Hall–Kier alpha value is -1.92. The number of carboxylic acids is 1. The summed E-state index contributed by atoms with van der Waals surface area (Å²) in [6.07, 6.45) is 0. The first-order valence-corrected chi connectivity index (χ1v) is 13.5. The number of halogens is 2. The second-order valence-corrected chi connectivity index (χ2v) is 11.9. The van der Waals surface area contributed by atoms with Crippen LogP contribution in [0, 0.1) is 0 Å². The number of amides is 2. The van der Waals surface area contributed by atoms with E-state index < -0.39 is 29.2 Å². The van der Waals surface area contributed by atoms with Crippen LogP contribution in [0.2, 0.25) is 0 Å². The second-order valence-electron chi connectivity index (χ2n) is 6.41. The van der Waals surface area contributed by atoms with Crippen LogP contribution in [0.15, 0.2) is 30.1 Å². The fourth-order valence-corrected chi connectivity index (χ4v) is 7.43. The molecular formula is C16H15BrClN7O5S4. The van der Waals surface area contributed by atoms with Crippen LogP contribution in [0.25, 0.3) is 0 Å². The molecule has 0 saturated carbocycles. The van der Waals surface area contributed by atoms with E-state index in [1.54, 1.807) is 5.51 Å². The van der Waals surface area contributed by atoms with Gasteiger partial charge in [-0.3, -0.25) is 14.5 Å². The van der Waals surface area contributed by atoms with Gasteiger partial charge in [0.25, 0.3) is 11.8 Å². The number of rotatable bonds is 8. The molecule has 1 unspecified atom stereocenters. The predicted octanol–water partition coefficient (Wildman–Crippen LogP) is 1.64. The van der Waals surface area contributed by atoms with Crippen LogP contribution >= 0.6 is 74.5 Å². The summed E-state index contributed by atoms with van der Waals surface area (Å²) in [5.41, 5.74) is 7.84. The zero-order valence-corrected chi connectivity index (χ0v) is 22.6. The summed E-state index contributed by atoms with van der Waals surface area (Å²) in [4.78, 5) is 47.8. The van der Waals surface area contributed by atoms with Gasteiger partial charge in [-0.25, -0.2) is 9.78 Å². The van der Waals surface area contributed by atoms with Crippen LogP contribution in [-0.4, -0.2) is 78.7 Å². The molecule has 0 aliphatic carbocycles. The number of nitrogens with two attached hydrogens (primary N) is 1. The number of thiazole rings is 1. The molecule has 0 radical (unpaired) electrons. The number of nitrogens with one attached hydrogen (secondary N) is 1. The third-order valence-corrected chi connectivity index (χ3v) is 9.29. The highest BCUT2D eigenvalue weighted by Crippen LogP contribution is 2.41. The number of hydrogen-bond donors (Lipinski definition) is 3. The van der Waals surface area contributed by atoms with Gasteiger partial charge in [0.1, 0.15) is 39.2 Å². The SMILES string of the molecule is CO/N=C(\C(=O)NC1C(=O)N2C(C(=O)O)=C(CSc3nncs3)CS[C@H]12)c1nc(N)sc1Br.Cl. The van der Waals surface area contributed by atoms with Crippen LogP contribution in [0.3, 0.4) is 0 Å². The summed E-state index contributed by atoms with van der Waals surface area (Å²) in [5.74, 6) is -1.66. The fourth-order valence-electron chi connectivity index (χ4n) is 3.13. The number of nitrogen functional groups attached to an aromatic ring is 1. The van der Waals surface area contributed by atoms with Crippen molar-refractivity contribution in [3.05, 3.63) is 26.3 Å². The number of thioether (sulfide) groups is 2. The lowest BCUT2D eigenvalue weighted by Crippen LogP contribution is -2.71. The van der Waals surface area contributed by atoms with E-state index in [1.165, 1.54) is 46.9 Å². The third-order valence-electron chi connectivity index (χ3n) is 4.47. The zero-order valence-electron chi connectivity index (χ0n) is 17.0. The van der Waals surface area contributed by atoms with E-state index in [0.717, 1.165) is 11.3 Å². The van der Waals surface area contributed by atoms with Gasteiger partial charge >= 0.3 is 5.97 Å². The molecule has 2 aromatic heterocycles. The normalized spacial score (nSPS) is 19.8. The summed E-state index contributed by atoms with van der Waals surface area (Å²) in [6, 6.07) is -0.925. The van der Waals surface area contributed by atoms with Crippen molar-refractivity contribution in [1.29, 1.82) is 0 Å². The summed E-state index contributed by atoms with van der Waals surface area (Å²) < 4.78 is 1.19. The van der Waals surface area contributed by atoms with Crippen LogP contribution in [0.4, 0.5) is 5.13 Å². The average molecular weight is 629 g/mol. The molecule has 18 heteroatoms. The number of hydrogen-bond acceptors (Lipinski definition) is 13. The molecule has 2 amide bonds. The number of aromatic nitrogens is 3. The Bertz CT molecular complexity index is 1170. The van der Waals surface area contributed by atoms with E-state index >= 15 is 0 Å². The summed E-state index contributed by atoms with van der Waals surface area (Å²) >= 11 is 8.47. The van der Waals surface area contributed by atoms with Crippen molar-refractivity contribution in [2.45, 2.75) is 15.8 Å². The summed E-state index contributed by atoms with van der Waals surface area (Å²) in [6.45, 7) is 0. The first-order valence-electron chi connectivity index (χ1n) is 8.95. The standard InChI is InChI=1S/C16H14BrN7O5S4.ClH/c1-29-23-7(6-10(17)33-15(18)21-6)11(25)20-8-12(26)24-9(14(27)28)5(2-30-13(8)24)3-31-16-22-19-4-32-16;/h4,8,13H,2-3H2,1H3,(H2,18,21)(H,20,25)(H,27,28);1H/b23-7-;/t8?,13-;/m1./s1. The molecule has 2 aliphatic rings. The number of oxime groups is 1. The Kier molecular flexibility index (Phi) is 8.80. The van der Waals surface area contributed by atoms with Gasteiger partial charge in [-0.1, -0.05) is 39.6 Å². The smallest absolute Gasteiger partial charge is 0.352 e. The minimum Gasteiger partial charge on any atom is -0.477 e. The van der Waals surface area contributed by atoms with Crippen molar-refractivity contribution in [2.24, 2.45) is 5.16 Å². The van der Waals surface area contributed by atoms with Gasteiger partial charge in [0.2, 0.25) is 0 Å². The molecule has 4 heterocycles. The zero-order chi connectivity index (χ0) is 23.7. The minimum absolute atomic E-state index is 0. The molecule has 2 aromatic rings. The van der Waals surface area contributed by atoms with E-state index in [0.29, 0.717) is 25.2 Å². The molecule has 1 saturated heterocycles. The maximum Gasteiger partial charge on any atom is 0.352 e. The number of anilines is 1. The van der Waals surface area contributed by atoms with Gasteiger partial charge in [-0.15, -0.1) is 34.4 Å². The molecule has 182 valence electrons. The van der Waals surface area contributed by atoms with Gasteiger partial charge in [-0.05, 0) is 21.5 Å². The lowest BCUT2D eigenvalue weighted by molar-refractivity contribution is -0.150. The third kappa shape index (κ3) is 5.18. The molecule has 0 bridgehead atoms. The van der Waals surface area contributed by atoms with E-state index in [9.17, 15) is 19.5 Å². The van der Waals surface area contributed by atoms with Gasteiger partial charge in [0.05, 0.1) is 0 Å². The molecule has 34 heavy (non-hydrogen) atoms. The molecule has 0 aromatic carbocycles. The molecule has 0 spiro atoms. The van der Waals surface area contributed by atoms with Gasteiger partial charge in [0, 0.05) is 11.5 Å². The van der Waals surface area contributed by atoms with Crippen molar-refractivity contribution in [1.82, 2.24) is 25.4 Å².